The first-order valence-corrected chi connectivity index (χ1v) is 7.84. The fourth-order valence-electron chi connectivity index (χ4n) is 3.18. The fourth-order valence-corrected chi connectivity index (χ4v) is 3.18. The molecule has 1 N–H and O–H groups in total. The Balaban J connectivity index is 1.70. The standard InChI is InChI=1S/C17H23N3O/c1-12-6-7-14(9-13(12)2)18-11-15-10-17(21)20-8-4-3-5-16(20)19-15/h3-5,8,10,12-14,18H,6-7,9,11H2,1-2H3. The molecule has 112 valence electrons. The van der Waals surface area contributed by atoms with Crippen molar-refractivity contribution in [2.24, 2.45) is 11.8 Å². The van der Waals surface area contributed by atoms with Gasteiger partial charge in [0.25, 0.3) is 5.56 Å². The fraction of sp³-hybridized carbons (Fsp3) is 0.529. The van der Waals surface area contributed by atoms with Gasteiger partial charge in [0.1, 0.15) is 5.65 Å². The van der Waals surface area contributed by atoms with E-state index in [1.807, 2.05) is 18.2 Å². The predicted molar refractivity (Wildman–Crippen MR) is 84.3 cm³/mol. The SMILES string of the molecule is CC1CCC(NCc2cc(=O)n3ccccc3n2)CC1C. The van der Waals surface area contributed by atoms with Crippen LogP contribution in [0.5, 0.6) is 0 Å². The van der Waals surface area contributed by atoms with E-state index in [9.17, 15) is 4.79 Å². The summed E-state index contributed by atoms with van der Waals surface area (Å²) in [6.07, 6.45) is 5.48. The highest BCUT2D eigenvalue weighted by molar-refractivity contribution is 5.37. The van der Waals surface area contributed by atoms with Crippen LogP contribution in [0.25, 0.3) is 5.65 Å². The van der Waals surface area contributed by atoms with E-state index in [2.05, 4.69) is 24.1 Å². The summed E-state index contributed by atoms with van der Waals surface area (Å²) in [5.41, 5.74) is 1.54. The molecule has 0 spiro atoms. The number of aromatic nitrogens is 2. The van der Waals surface area contributed by atoms with E-state index in [4.69, 9.17) is 0 Å². The Morgan fingerprint density at radius 2 is 2.14 bits per heavy atom. The molecule has 1 aliphatic rings. The largest absolute Gasteiger partial charge is 0.308 e. The summed E-state index contributed by atoms with van der Waals surface area (Å²) in [5, 5.41) is 3.57. The highest BCUT2D eigenvalue weighted by Gasteiger charge is 2.24. The van der Waals surface area contributed by atoms with Gasteiger partial charge in [-0.1, -0.05) is 19.9 Å². The summed E-state index contributed by atoms with van der Waals surface area (Å²) in [5.74, 6) is 1.60. The van der Waals surface area contributed by atoms with Crippen LogP contribution in [0, 0.1) is 11.8 Å². The topological polar surface area (TPSA) is 46.4 Å². The number of nitrogens with one attached hydrogen (secondary N) is 1. The van der Waals surface area contributed by atoms with Gasteiger partial charge in [-0.3, -0.25) is 9.20 Å². The van der Waals surface area contributed by atoms with Gasteiger partial charge in [0.15, 0.2) is 0 Å². The first-order valence-electron chi connectivity index (χ1n) is 7.84. The van der Waals surface area contributed by atoms with E-state index in [-0.39, 0.29) is 5.56 Å². The molecular weight excluding hydrogens is 262 g/mol. The van der Waals surface area contributed by atoms with Crippen molar-refractivity contribution in [2.75, 3.05) is 0 Å². The van der Waals surface area contributed by atoms with Gasteiger partial charge in [-0.15, -0.1) is 0 Å². The van der Waals surface area contributed by atoms with Gasteiger partial charge in [-0.2, -0.15) is 0 Å². The Labute approximate surface area is 125 Å². The van der Waals surface area contributed by atoms with E-state index in [1.54, 1.807) is 16.7 Å². The number of rotatable bonds is 3. The van der Waals surface area contributed by atoms with Crippen LogP contribution < -0.4 is 10.9 Å². The summed E-state index contributed by atoms with van der Waals surface area (Å²) in [4.78, 5) is 16.6. The number of hydrogen-bond acceptors (Lipinski definition) is 3. The van der Waals surface area contributed by atoms with E-state index in [0.717, 1.165) is 17.5 Å². The van der Waals surface area contributed by atoms with Crippen molar-refractivity contribution >= 4 is 5.65 Å². The number of fused-ring (bicyclic) bond motifs is 1. The second-order valence-corrected chi connectivity index (χ2v) is 6.36. The molecule has 3 rings (SSSR count). The minimum absolute atomic E-state index is 0.0111. The lowest BCUT2D eigenvalue weighted by molar-refractivity contribution is 0.225. The Bertz CT molecular complexity index is 679. The van der Waals surface area contributed by atoms with Gasteiger partial charge in [-0.05, 0) is 43.2 Å². The Morgan fingerprint density at radius 1 is 1.29 bits per heavy atom. The molecule has 0 saturated heterocycles. The molecule has 1 fully saturated rings. The zero-order chi connectivity index (χ0) is 14.8. The van der Waals surface area contributed by atoms with Crippen LogP contribution in [0.1, 0.15) is 38.8 Å². The second-order valence-electron chi connectivity index (χ2n) is 6.36. The average Bonchev–Trinajstić information content (AvgIpc) is 2.49. The summed E-state index contributed by atoms with van der Waals surface area (Å²) in [6.45, 7) is 5.35. The molecule has 3 atom stereocenters. The summed E-state index contributed by atoms with van der Waals surface area (Å²) < 4.78 is 1.58. The Hall–Kier alpha value is -1.68. The molecule has 3 unspecified atom stereocenters. The highest BCUT2D eigenvalue weighted by Crippen LogP contribution is 2.29. The van der Waals surface area contributed by atoms with Gasteiger partial charge in [-0.25, -0.2) is 4.98 Å². The lowest BCUT2D eigenvalue weighted by Gasteiger charge is -2.32. The first kappa shape index (κ1) is 14.3. The van der Waals surface area contributed by atoms with Crippen molar-refractivity contribution in [2.45, 2.75) is 45.7 Å². The second kappa shape index (κ2) is 5.98. The maximum atomic E-state index is 12.0. The van der Waals surface area contributed by atoms with E-state index in [1.165, 1.54) is 19.3 Å². The lowest BCUT2D eigenvalue weighted by atomic mass is 9.79. The van der Waals surface area contributed by atoms with Crippen LogP contribution >= 0.6 is 0 Å². The molecule has 0 amide bonds. The first-order chi connectivity index (χ1) is 10.1. The minimum atomic E-state index is -0.0111. The molecule has 1 aliphatic carbocycles. The number of nitrogens with zero attached hydrogens (tertiary/aromatic N) is 2. The monoisotopic (exact) mass is 285 g/mol. The van der Waals surface area contributed by atoms with Crippen molar-refractivity contribution in [3.05, 3.63) is 46.5 Å². The Morgan fingerprint density at radius 3 is 2.95 bits per heavy atom. The maximum Gasteiger partial charge on any atom is 0.258 e. The van der Waals surface area contributed by atoms with Gasteiger partial charge >= 0.3 is 0 Å². The van der Waals surface area contributed by atoms with E-state index in [0.29, 0.717) is 18.2 Å². The normalized spacial score (nSPS) is 26.1. The molecule has 2 aromatic heterocycles. The third kappa shape index (κ3) is 3.16. The van der Waals surface area contributed by atoms with Gasteiger partial charge < -0.3 is 5.32 Å². The van der Waals surface area contributed by atoms with Crippen LogP contribution in [0.15, 0.2) is 35.3 Å². The zero-order valence-electron chi connectivity index (χ0n) is 12.7. The molecule has 0 aliphatic heterocycles. The van der Waals surface area contributed by atoms with Gasteiger partial charge in [0.05, 0.1) is 5.69 Å². The molecule has 4 nitrogen and oxygen atoms in total. The predicted octanol–water partition coefficient (Wildman–Crippen LogP) is 2.61. The van der Waals surface area contributed by atoms with Crippen molar-refractivity contribution in [3.63, 3.8) is 0 Å². The van der Waals surface area contributed by atoms with Crippen molar-refractivity contribution < 1.29 is 0 Å². The van der Waals surface area contributed by atoms with Gasteiger partial charge in [0.2, 0.25) is 0 Å². The van der Waals surface area contributed by atoms with Crippen LogP contribution in [0.2, 0.25) is 0 Å². The van der Waals surface area contributed by atoms with Crippen molar-refractivity contribution in [3.8, 4) is 0 Å². The van der Waals surface area contributed by atoms with Crippen LogP contribution in [0.3, 0.4) is 0 Å². The molecule has 2 heterocycles. The molecule has 0 bridgehead atoms. The van der Waals surface area contributed by atoms with E-state index >= 15 is 0 Å². The third-order valence-corrected chi connectivity index (χ3v) is 4.79. The maximum absolute atomic E-state index is 12.0. The highest BCUT2D eigenvalue weighted by atomic mass is 16.1. The van der Waals surface area contributed by atoms with Gasteiger partial charge in [0, 0.05) is 24.8 Å². The Kier molecular flexibility index (Phi) is 4.06. The molecular formula is C17H23N3O. The average molecular weight is 285 g/mol. The van der Waals surface area contributed by atoms with E-state index < -0.39 is 0 Å². The molecule has 4 heteroatoms. The molecule has 21 heavy (non-hydrogen) atoms. The number of pyridine rings is 1. The summed E-state index contributed by atoms with van der Waals surface area (Å²) >= 11 is 0. The van der Waals surface area contributed by atoms with Crippen LogP contribution in [0.4, 0.5) is 0 Å². The van der Waals surface area contributed by atoms with Crippen molar-refractivity contribution in [1.29, 1.82) is 0 Å². The molecule has 2 aromatic rings. The zero-order valence-corrected chi connectivity index (χ0v) is 12.7. The quantitative estimate of drug-likeness (QED) is 0.943. The summed E-state index contributed by atoms with van der Waals surface area (Å²) in [7, 11) is 0. The number of hydrogen-bond donors (Lipinski definition) is 1. The molecule has 1 saturated carbocycles. The smallest absolute Gasteiger partial charge is 0.258 e. The van der Waals surface area contributed by atoms with Crippen LogP contribution in [-0.4, -0.2) is 15.4 Å². The van der Waals surface area contributed by atoms with Crippen molar-refractivity contribution in [1.82, 2.24) is 14.7 Å². The minimum Gasteiger partial charge on any atom is -0.308 e. The molecule has 0 radical (unpaired) electrons. The molecule has 0 aromatic carbocycles. The third-order valence-electron chi connectivity index (χ3n) is 4.79. The summed E-state index contributed by atoms with van der Waals surface area (Å²) in [6, 6.07) is 7.80. The lowest BCUT2D eigenvalue weighted by Crippen LogP contribution is -2.36. The van der Waals surface area contributed by atoms with Crippen LogP contribution in [-0.2, 0) is 6.54 Å².